The number of amides is 1. The standard InChI is InChI=1S/C27H29ClN6O/c1-17-8-10-22(11-9-17)34-19(3)24-18(2)30-31-26(25(24)32-34)33-14-12-20(13-15-33)27(35)29-16-21-6-4-5-7-23(21)28/h4-11,20H,12-16H2,1-3H3,(H,29,35). The van der Waals surface area contributed by atoms with Crippen molar-refractivity contribution in [2.45, 2.75) is 40.2 Å². The van der Waals surface area contributed by atoms with Gasteiger partial charge in [-0.1, -0.05) is 47.5 Å². The molecule has 1 fully saturated rings. The molecule has 0 spiro atoms. The number of piperidine rings is 1. The average Bonchev–Trinajstić information content (AvgIpc) is 3.22. The second-order valence-electron chi connectivity index (χ2n) is 9.24. The first-order valence-corrected chi connectivity index (χ1v) is 12.4. The lowest BCUT2D eigenvalue weighted by Gasteiger charge is -2.32. The summed E-state index contributed by atoms with van der Waals surface area (Å²) in [5, 5.41) is 18.7. The molecule has 2 aromatic heterocycles. The predicted octanol–water partition coefficient (Wildman–Crippen LogP) is 4.93. The van der Waals surface area contributed by atoms with Crippen molar-refractivity contribution in [1.82, 2.24) is 25.3 Å². The van der Waals surface area contributed by atoms with Crippen LogP contribution >= 0.6 is 11.6 Å². The van der Waals surface area contributed by atoms with Crippen LogP contribution in [0, 0.1) is 26.7 Å². The molecule has 0 bridgehead atoms. The number of halogens is 1. The monoisotopic (exact) mass is 488 g/mol. The highest BCUT2D eigenvalue weighted by Crippen LogP contribution is 2.31. The minimum absolute atomic E-state index is 0.0329. The summed E-state index contributed by atoms with van der Waals surface area (Å²) in [5.41, 5.74) is 5.93. The number of carbonyl (C=O) groups is 1. The summed E-state index contributed by atoms with van der Waals surface area (Å²) in [6, 6.07) is 15.9. The highest BCUT2D eigenvalue weighted by atomic mass is 35.5. The largest absolute Gasteiger partial charge is 0.353 e. The summed E-state index contributed by atoms with van der Waals surface area (Å²) in [7, 11) is 0. The van der Waals surface area contributed by atoms with Gasteiger partial charge >= 0.3 is 0 Å². The zero-order chi connectivity index (χ0) is 24.5. The third-order valence-corrected chi connectivity index (χ3v) is 7.21. The SMILES string of the molecule is Cc1ccc(-n2nc3c(N4CCC(C(=O)NCc5ccccc5Cl)CC4)nnc(C)c3c2C)cc1. The minimum Gasteiger partial charge on any atom is -0.353 e. The molecular weight excluding hydrogens is 460 g/mol. The molecule has 0 aliphatic carbocycles. The maximum absolute atomic E-state index is 12.8. The molecule has 1 amide bonds. The van der Waals surface area contributed by atoms with Crippen molar-refractivity contribution in [2.75, 3.05) is 18.0 Å². The van der Waals surface area contributed by atoms with Gasteiger partial charge in [-0.15, -0.1) is 5.10 Å². The van der Waals surface area contributed by atoms with E-state index in [4.69, 9.17) is 16.7 Å². The van der Waals surface area contributed by atoms with Crippen LogP contribution in [0.2, 0.25) is 5.02 Å². The number of nitrogens with one attached hydrogen (secondary N) is 1. The van der Waals surface area contributed by atoms with Crippen molar-refractivity contribution in [2.24, 2.45) is 5.92 Å². The fourth-order valence-corrected chi connectivity index (χ4v) is 4.99. The number of benzene rings is 2. The zero-order valence-corrected chi connectivity index (χ0v) is 21.0. The number of anilines is 1. The Bertz CT molecular complexity index is 1370. The summed E-state index contributed by atoms with van der Waals surface area (Å²) in [6.07, 6.45) is 1.51. The summed E-state index contributed by atoms with van der Waals surface area (Å²) in [5.74, 6) is 0.827. The van der Waals surface area contributed by atoms with Gasteiger partial charge in [0.1, 0.15) is 5.52 Å². The molecular formula is C27H29ClN6O. The van der Waals surface area contributed by atoms with E-state index in [2.05, 4.69) is 58.5 Å². The Balaban J connectivity index is 1.32. The number of nitrogens with zero attached hydrogens (tertiary/aromatic N) is 5. The molecule has 2 aromatic carbocycles. The van der Waals surface area contributed by atoms with E-state index in [9.17, 15) is 4.79 Å². The Labute approximate surface area is 210 Å². The number of fused-ring (bicyclic) bond motifs is 1. The van der Waals surface area contributed by atoms with E-state index in [1.54, 1.807) is 0 Å². The fraction of sp³-hybridized carbons (Fsp3) is 0.333. The molecule has 7 nitrogen and oxygen atoms in total. The highest BCUT2D eigenvalue weighted by Gasteiger charge is 2.28. The number of carbonyl (C=O) groups excluding carboxylic acids is 1. The quantitative estimate of drug-likeness (QED) is 0.431. The molecule has 180 valence electrons. The Morgan fingerprint density at radius 1 is 1.03 bits per heavy atom. The van der Waals surface area contributed by atoms with Crippen LogP contribution < -0.4 is 10.2 Å². The number of aromatic nitrogens is 4. The number of aryl methyl sites for hydroxylation is 3. The molecule has 0 atom stereocenters. The molecule has 0 unspecified atom stereocenters. The van der Waals surface area contributed by atoms with Gasteiger partial charge in [-0.25, -0.2) is 4.68 Å². The Morgan fingerprint density at radius 3 is 2.46 bits per heavy atom. The normalized spacial score (nSPS) is 14.5. The van der Waals surface area contributed by atoms with Crippen molar-refractivity contribution in [3.05, 3.63) is 76.1 Å². The lowest BCUT2D eigenvalue weighted by molar-refractivity contribution is -0.125. The molecule has 0 radical (unpaired) electrons. The third-order valence-electron chi connectivity index (χ3n) is 6.84. The van der Waals surface area contributed by atoms with E-state index in [0.717, 1.165) is 65.3 Å². The lowest BCUT2D eigenvalue weighted by Crippen LogP contribution is -2.40. The van der Waals surface area contributed by atoms with Gasteiger partial charge in [0.25, 0.3) is 0 Å². The maximum Gasteiger partial charge on any atom is 0.223 e. The van der Waals surface area contributed by atoms with Crippen LogP contribution in [0.3, 0.4) is 0 Å². The van der Waals surface area contributed by atoms with E-state index in [0.29, 0.717) is 11.6 Å². The summed E-state index contributed by atoms with van der Waals surface area (Å²) in [4.78, 5) is 15.0. The predicted molar refractivity (Wildman–Crippen MR) is 139 cm³/mol. The van der Waals surface area contributed by atoms with Crippen molar-refractivity contribution in [1.29, 1.82) is 0 Å². The van der Waals surface area contributed by atoms with Crippen molar-refractivity contribution < 1.29 is 4.79 Å². The van der Waals surface area contributed by atoms with Gasteiger partial charge in [0.15, 0.2) is 5.82 Å². The zero-order valence-electron chi connectivity index (χ0n) is 20.3. The van der Waals surface area contributed by atoms with E-state index >= 15 is 0 Å². The Kier molecular flexibility index (Phi) is 6.43. The Morgan fingerprint density at radius 2 is 1.74 bits per heavy atom. The van der Waals surface area contributed by atoms with Gasteiger partial charge in [0, 0.05) is 30.6 Å². The topological polar surface area (TPSA) is 75.9 Å². The van der Waals surface area contributed by atoms with Gasteiger partial charge < -0.3 is 10.2 Å². The number of hydrogen-bond donors (Lipinski definition) is 1. The average molecular weight is 489 g/mol. The third kappa shape index (κ3) is 4.60. The van der Waals surface area contributed by atoms with Gasteiger partial charge in [0.05, 0.1) is 22.5 Å². The highest BCUT2D eigenvalue weighted by molar-refractivity contribution is 6.31. The van der Waals surface area contributed by atoms with Crippen LogP contribution in [0.15, 0.2) is 48.5 Å². The van der Waals surface area contributed by atoms with E-state index in [-0.39, 0.29) is 11.8 Å². The van der Waals surface area contributed by atoms with Crippen LogP contribution in [0.1, 0.15) is 35.4 Å². The van der Waals surface area contributed by atoms with Crippen LogP contribution in [-0.4, -0.2) is 39.0 Å². The summed E-state index contributed by atoms with van der Waals surface area (Å²) >= 11 is 6.22. The first-order valence-electron chi connectivity index (χ1n) is 12.0. The van der Waals surface area contributed by atoms with Gasteiger partial charge in [0.2, 0.25) is 5.91 Å². The second kappa shape index (κ2) is 9.66. The fourth-order valence-electron chi connectivity index (χ4n) is 4.78. The lowest BCUT2D eigenvalue weighted by atomic mass is 9.95. The first kappa shape index (κ1) is 23.3. The molecule has 35 heavy (non-hydrogen) atoms. The van der Waals surface area contributed by atoms with E-state index in [1.807, 2.05) is 35.9 Å². The molecule has 5 rings (SSSR count). The molecule has 1 aliphatic heterocycles. The molecule has 0 saturated carbocycles. The molecule has 1 saturated heterocycles. The van der Waals surface area contributed by atoms with Crippen molar-refractivity contribution in [3.8, 4) is 5.69 Å². The Hall–Kier alpha value is -3.45. The first-order chi connectivity index (χ1) is 16.9. The van der Waals surface area contributed by atoms with E-state index < -0.39 is 0 Å². The molecule has 3 heterocycles. The van der Waals surface area contributed by atoms with Gasteiger partial charge in [-0.05, 0) is 57.4 Å². The molecule has 1 N–H and O–H groups in total. The summed E-state index contributed by atoms with van der Waals surface area (Å²) in [6.45, 7) is 8.03. The van der Waals surface area contributed by atoms with Crippen LogP contribution in [0.4, 0.5) is 5.82 Å². The number of hydrogen-bond acceptors (Lipinski definition) is 5. The van der Waals surface area contributed by atoms with Gasteiger partial charge in [-0.3, -0.25) is 4.79 Å². The van der Waals surface area contributed by atoms with Crippen LogP contribution in [-0.2, 0) is 11.3 Å². The minimum atomic E-state index is -0.0329. The van der Waals surface area contributed by atoms with Crippen molar-refractivity contribution >= 4 is 34.2 Å². The van der Waals surface area contributed by atoms with E-state index in [1.165, 1.54) is 5.56 Å². The maximum atomic E-state index is 12.8. The smallest absolute Gasteiger partial charge is 0.223 e. The van der Waals surface area contributed by atoms with Crippen LogP contribution in [0.25, 0.3) is 16.6 Å². The molecule has 4 aromatic rings. The second-order valence-corrected chi connectivity index (χ2v) is 9.64. The molecule has 1 aliphatic rings. The summed E-state index contributed by atoms with van der Waals surface area (Å²) < 4.78 is 1.97. The number of rotatable bonds is 5. The van der Waals surface area contributed by atoms with Crippen LogP contribution in [0.5, 0.6) is 0 Å². The molecule has 8 heteroatoms. The van der Waals surface area contributed by atoms with Gasteiger partial charge in [-0.2, -0.15) is 10.2 Å². The van der Waals surface area contributed by atoms with Crippen molar-refractivity contribution in [3.63, 3.8) is 0 Å².